The van der Waals surface area contributed by atoms with Crippen molar-refractivity contribution < 1.29 is 19.4 Å². The summed E-state index contributed by atoms with van der Waals surface area (Å²) in [6.45, 7) is 6.37. The van der Waals surface area contributed by atoms with Gasteiger partial charge < -0.3 is 14.6 Å². The van der Waals surface area contributed by atoms with Crippen molar-refractivity contribution >= 4 is 5.97 Å². The zero-order chi connectivity index (χ0) is 16.5. The predicted molar refractivity (Wildman–Crippen MR) is 86.0 cm³/mol. The largest absolute Gasteiger partial charge is 0.496 e. The maximum absolute atomic E-state index is 11.2. The molecule has 4 heteroatoms. The highest BCUT2D eigenvalue weighted by Crippen LogP contribution is 2.49. The Kier molecular flexibility index (Phi) is 4.69. The van der Waals surface area contributed by atoms with Crippen LogP contribution in [0, 0.1) is 5.92 Å². The summed E-state index contributed by atoms with van der Waals surface area (Å²) in [7, 11) is 3.30. The first-order valence-electron chi connectivity index (χ1n) is 7.76. The Bertz CT molecular complexity index is 553. The summed E-state index contributed by atoms with van der Waals surface area (Å²) in [4.78, 5) is 11.2. The quantitative estimate of drug-likeness (QED) is 0.864. The smallest absolute Gasteiger partial charge is 0.303 e. The molecule has 0 bridgehead atoms. The molecule has 4 nitrogen and oxygen atoms in total. The van der Waals surface area contributed by atoms with E-state index in [4.69, 9.17) is 9.47 Å². The van der Waals surface area contributed by atoms with E-state index in [0.717, 1.165) is 35.5 Å². The Morgan fingerprint density at radius 1 is 1.23 bits per heavy atom. The summed E-state index contributed by atoms with van der Waals surface area (Å²) in [5.74, 6) is 1.24. The van der Waals surface area contributed by atoms with Gasteiger partial charge in [0.05, 0.1) is 20.6 Å². The van der Waals surface area contributed by atoms with Crippen LogP contribution in [0.25, 0.3) is 0 Å². The van der Waals surface area contributed by atoms with Gasteiger partial charge in [-0.15, -0.1) is 0 Å². The number of methoxy groups -OCH3 is 2. The van der Waals surface area contributed by atoms with Crippen molar-refractivity contribution in [3.63, 3.8) is 0 Å². The zero-order valence-corrected chi connectivity index (χ0v) is 14.1. The number of benzene rings is 1. The molecule has 1 aliphatic carbocycles. The van der Waals surface area contributed by atoms with Gasteiger partial charge in [0.15, 0.2) is 0 Å². The van der Waals surface area contributed by atoms with Crippen LogP contribution in [0.4, 0.5) is 0 Å². The average molecular weight is 306 g/mol. The number of carbonyl (C=O) groups is 1. The highest BCUT2D eigenvalue weighted by Gasteiger charge is 2.36. The molecule has 0 aromatic heterocycles. The van der Waals surface area contributed by atoms with Gasteiger partial charge in [0.25, 0.3) is 0 Å². The van der Waals surface area contributed by atoms with Crippen LogP contribution >= 0.6 is 0 Å². The second-order valence-electron chi connectivity index (χ2n) is 7.09. The fraction of sp³-hybridized carbons (Fsp3) is 0.611. The third-order valence-corrected chi connectivity index (χ3v) is 4.34. The van der Waals surface area contributed by atoms with E-state index in [1.54, 1.807) is 14.2 Å². The van der Waals surface area contributed by atoms with Gasteiger partial charge >= 0.3 is 5.97 Å². The van der Waals surface area contributed by atoms with Crippen LogP contribution in [0.1, 0.15) is 57.1 Å². The van der Waals surface area contributed by atoms with Gasteiger partial charge in [-0.3, -0.25) is 4.79 Å². The highest BCUT2D eigenvalue weighted by molar-refractivity contribution is 5.69. The van der Waals surface area contributed by atoms with Crippen LogP contribution in [-0.4, -0.2) is 25.3 Å². The fourth-order valence-corrected chi connectivity index (χ4v) is 3.01. The Hall–Kier alpha value is -1.71. The molecule has 0 spiro atoms. The van der Waals surface area contributed by atoms with Gasteiger partial charge in [0.1, 0.15) is 11.5 Å². The van der Waals surface area contributed by atoms with E-state index < -0.39 is 5.97 Å². The first kappa shape index (κ1) is 16.7. The van der Waals surface area contributed by atoms with Crippen molar-refractivity contribution in [1.82, 2.24) is 0 Å². The van der Waals surface area contributed by atoms with Gasteiger partial charge in [-0.2, -0.15) is 0 Å². The van der Waals surface area contributed by atoms with E-state index in [1.165, 1.54) is 0 Å². The molecule has 0 heterocycles. The maximum atomic E-state index is 11.2. The minimum atomic E-state index is -0.766. The van der Waals surface area contributed by atoms with Crippen LogP contribution in [0.5, 0.6) is 11.5 Å². The van der Waals surface area contributed by atoms with E-state index >= 15 is 0 Å². The van der Waals surface area contributed by atoms with Gasteiger partial charge in [0.2, 0.25) is 0 Å². The van der Waals surface area contributed by atoms with Gasteiger partial charge in [-0.05, 0) is 36.3 Å². The normalized spacial score (nSPS) is 16.2. The number of hydrogen-bond acceptors (Lipinski definition) is 3. The van der Waals surface area contributed by atoms with E-state index in [-0.39, 0.29) is 17.8 Å². The van der Waals surface area contributed by atoms with Gasteiger partial charge in [-0.25, -0.2) is 0 Å². The highest BCUT2D eigenvalue weighted by atomic mass is 16.5. The number of carboxylic acid groups (broad SMARTS) is 1. The number of carboxylic acids is 1. The molecule has 1 fully saturated rings. The van der Waals surface area contributed by atoms with Crippen LogP contribution < -0.4 is 9.47 Å². The predicted octanol–water partition coefficient (Wildman–Crippen LogP) is 3.97. The lowest BCUT2D eigenvalue weighted by Crippen LogP contribution is -2.15. The molecule has 2 rings (SSSR count). The maximum Gasteiger partial charge on any atom is 0.303 e. The second-order valence-corrected chi connectivity index (χ2v) is 7.09. The van der Waals surface area contributed by atoms with Crippen LogP contribution in [-0.2, 0) is 10.2 Å². The van der Waals surface area contributed by atoms with Crippen molar-refractivity contribution in [2.24, 2.45) is 5.92 Å². The lowest BCUT2D eigenvalue weighted by molar-refractivity contribution is -0.137. The van der Waals surface area contributed by atoms with Crippen molar-refractivity contribution in [2.45, 2.75) is 51.4 Å². The molecule has 22 heavy (non-hydrogen) atoms. The van der Waals surface area contributed by atoms with Crippen molar-refractivity contribution in [2.75, 3.05) is 14.2 Å². The molecule has 1 aromatic rings. The van der Waals surface area contributed by atoms with E-state index in [2.05, 4.69) is 20.8 Å². The molecule has 0 amide bonds. The van der Waals surface area contributed by atoms with Crippen LogP contribution in [0.3, 0.4) is 0 Å². The first-order valence-corrected chi connectivity index (χ1v) is 7.76. The molecule has 1 atom stereocenters. The molecule has 1 aromatic carbocycles. The Morgan fingerprint density at radius 3 is 2.23 bits per heavy atom. The van der Waals surface area contributed by atoms with Gasteiger partial charge in [0, 0.05) is 17.0 Å². The van der Waals surface area contributed by atoms with Crippen molar-refractivity contribution in [1.29, 1.82) is 0 Å². The lowest BCUT2D eigenvalue weighted by atomic mass is 9.82. The van der Waals surface area contributed by atoms with E-state index in [9.17, 15) is 9.90 Å². The molecule has 1 unspecified atom stereocenters. The van der Waals surface area contributed by atoms with E-state index in [1.807, 2.05) is 12.1 Å². The number of ether oxygens (including phenoxy) is 2. The standard InChI is InChI=1S/C18H26O4/c1-18(2,3)14-10-15(21-4)13(8-16(14)22-5)12(9-17(19)20)11-6-7-11/h8,10-12H,6-7,9H2,1-5H3,(H,19,20). The molecule has 0 aliphatic heterocycles. The van der Waals surface area contributed by atoms with E-state index in [0.29, 0.717) is 5.92 Å². The number of hydrogen-bond donors (Lipinski definition) is 1. The molecule has 1 N–H and O–H groups in total. The SMILES string of the molecule is COc1cc(C(C)(C)C)c(OC)cc1C(CC(=O)O)C1CC1. The number of aliphatic carboxylic acids is 1. The zero-order valence-electron chi connectivity index (χ0n) is 14.1. The Morgan fingerprint density at radius 2 is 1.82 bits per heavy atom. The Balaban J connectivity index is 2.52. The second kappa shape index (κ2) is 6.19. The summed E-state index contributed by atoms with van der Waals surface area (Å²) in [5.41, 5.74) is 1.96. The third kappa shape index (κ3) is 3.54. The van der Waals surface area contributed by atoms with Crippen LogP contribution in [0.15, 0.2) is 12.1 Å². The summed E-state index contributed by atoms with van der Waals surface area (Å²) >= 11 is 0. The molecular weight excluding hydrogens is 280 g/mol. The molecule has 1 aliphatic rings. The minimum Gasteiger partial charge on any atom is -0.496 e. The summed E-state index contributed by atoms with van der Waals surface area (Å²) < 4.78 is 11.1. The monoisotopic (exact) mass is 306 g/mol. The number of rotatable bonds is 6. The van der Waals surface area contributed by atoms with Gasteiger partial charge in [-0.1, -0.05) is 20.8 Å². The fourth-order valence-electron chi connectivity index (χ4n) is 3.01. The Labute approximate surface area is 132 Å². The molecule has 0 saturated heterocycles. The topological polar surface area (TPSA) is 55.8 Å². The summed E-state index contributed by atoms with van der Waals surface area (Å²) in [6.07, 6.45) is 2.31. The van der Waals surface area contributed by atoms with Crippen LogP contribution in [0.2, 0.25) is 0 Å². The minimum absolute atomic E-state index is 0.00429. The van der Waals surface area contributed by atoms with Crippen molar-refractivity contribution in [3.8, 4) is 11.5 Å². The molecule has 1 saturated carbocycles. The molecule has 122 valence electrons. The summed E-state index contributed by atoms with van der Waals surface area (Å²) in [5, 5.41) is 9.22. The van der Waals surface area contributed by atoms with Crippen molar-refractivity contribution in [3.05, 3.63) is 23.3 Å². The lowest BCUT2D eigenvalue weighted by Gasteiger charge is -2.26. The average Bonchev–Trinajstić information content (AvgIpc) is 3.26. The first-order chi connectivity index (χ1) is 10.3. The molecule has 0 radical (unpaired) electrons. The summed E-state index contributed by atoms with van der Waals surface area (Å²) in [6, 6.07) is 3.98. The third-order valence-electron chi connectivity index (χ3n) is 4.34. The molecular formula is C18H26O4.